The van der Waals surface area contributed by atoms with E-state index in [1.807, 2.05) is 60.7 Å². The van der Waals surface area contributed by atoms with Gasteiger partial charge in [-0.3, -0.25) is 0 Å². The van der Waals surface area contributed by atoms with Gasteiger partial charge >= 0.3 is 0 Å². The molecule has 0 heterocycles. The van der Waals surface area contributed by atoms with Crippen molar-refractivity contribution in [2.75, 3.05) is 0 Å². The number of aliphatic hydroxyl groups excluding tert-OH is 1. The molecule has 1 atom stereocenters. The first-order valence-corrected chi connectivity index (χ1v) is 6.47. The highest BCUT2D eigenvalue weighted by atomic mass is 16.3. The summed E-state index contributed by atoms with van der Waals surface area (Å²) >= 11 is 0. The van der Waals surface area contributed by atoms with Gasteiger partial charge in [0.2, 0.25) is 0 Å². The number of benzene rings is 2. The van der Waals surface area contributed by atoms with Crippen molar-refractivity contribution < 1.29 is 5.11 Å². The maximum atomic E-state index is 9.93. The lowest BCUT2D eigenvalue weighted by Gasteiger charge is -2.04. The number of rotatable bonds is 5. The summed E-state index contributed by atoms with van der Waals surface area (Å²) in [6, 6.07) is 19.9. The molecule has 1 nitrogen and oxygen atoms in total. The quantitative estimate of drug-likeness (QED) is 0.781. The first kappa shape index (κ1) is 13.3. The predicted molar refractivity (Wildman–Crippen MR) is 80.6 cm³/mol. The summed E-state index contributed by atoms with van der Waals surface area (Å²) in [6.45, 7) is 0. The third-order valence-corrected chi connectivity index (χ3v) is 2.84. The van der Waals surface area contributed by atoms with Crippen LogP contribution in [0.4, 0.5) is 0 Å². The van der Waals surface area contributed by atoms with Gasteiger partial charge in [-0.05, 0) is 17.5 Å². The van der Waals surface area contributed by atoms with Gasteiger partial charge in [0.1, 0.15) is 0 Å². The molecule has 0 radical (unpaired) electrons. The van der Waals surface area contributed by atoms with Crippen LogP contribution < -0.4 is 0 Å². The Hall–Kier alpha value is -2.12. The summed E-state index contributed by atoms with van der Waals surface area (Å²) in [5, 5.41) is 9.93. The maximum Gasteiger partial charge on any atom is 0.0971 e. The van der Waals surface area contributed by atoms with E-state index >= 15 is 0 Å². The average Bonchev–Trinajstić information content (AvgIpc) is 2.49. The molecule has 19 heavy (non-hydrogen) atoms. The minimum Gasteiger partial charge on any atom is -0.384 e. The molecule has 1 N–H and O–H groups in total. The second-order valence-electron chi connectivity index (χ2n) is 4.33. The molecule has 0 spiro atoms. The number of hydrogen-bond donors (Lipinski definition) is 1. The molecule has 0 saturated heterocycles. The third kappa shape index (κ3) is 4.57. The van der Waals surface area contributed by atoms with Crippen molar-refractivity contribution in [3.05, 3.63) is 90.0 Å². The van der Waals surface area contributed by atoms with E-state index in [0.29, 0.717) is 0 Å². The molecule has 2 rings (SSSR count). The van der Waals surface area contributed by atoms with Crippen molar-refractivity contribution in [1.29, 1.82) is 0 Å². The first-order chi connectivity index (χ1) is 9.36. The smallest absolute Gasteiger partial charge is 0.0971 e. The second kappa shape index (κ2) is 7.34. The fourth-order valence-electron chi connectivity index (χ4n) is 1.82. The molecule has 0 aliphatic rings. The Kier molecular flexibility index (Phi) is 5.15. The van der Waals surface area contributed by atoms with E-state index in [4.69, 9.17) is 0 Å². The van der Waals surface area contributed by atoms with Crippen LogP contribution >= 0.6 is 0 Å². The lowest BCUT2D eigenvalue weighted by molar-refractivity contribution is 0.228. The SMILES string of the molecule is OC(/C=C/C/C=C/c1ccccc1)c1ccccc1. The van der Waals surface area contributed by atoms with Crippen LogP contribution in [0.15, 0.2) is 78.9 Å². The molecule has 2 aromatic rings. The first-order valence-electron chi connectivity index (χ1n) is 6.47. The minimum absolute atomic E-state index is 0.522. The van der Waals surface area contributed by atoms with Gasteiger partial charge in [-0.1, -0.05) is 85.0 Å². The highest BCUT2D eigenvalue weighted by molar-refractivity contribution is 5.48. The summed E-state index contributed by atoms with van der Waals surface area (Å²) in [7, 11) is 0. The Morgan fingerprint density at radius 3 is 2.16 bits per heavy atom. The lowest BCUT2D eigenvalue weighted by atomic mass is 10.1. The van der Waals surface area contributed by atoms with E-state index in [-0.39, 0.29) is 0 Å². The van der Waals surface area contributed by atoms with Crippen LogP contribution in [0.3, 0.4) is 0 Å². The van der Waals surface area contributed by atoms with E-state index in [1.54, 1.807) is 0 Å². The summed E-state index contributed by atoms with van der Waals surface area (Å²) in [4.78, 5) is 0. The molecule has 2 aromatic carbocycles. The Labute approximate surface area is 114 Å². The monoisotopic (exact) mass is 250 g/mol. The zero-order chi connectivity index (χ0) is 13.3. The summed E-state index contributed by atoms with van der Waals surface area (Å²) in [6.07, 6.45) is 8.27. The molecule has 1 heteroatoms. The van der Waals surface area contributed by atoms with Crippen LogP contribution in [0.5, 0.6) is 0 Å². The van der Waals surface area contributed by atoms with Crippen LogP contribution in [0.2, 0.25) is 0 Å². The molecule has 0 aliphatic heterocycles. The van der Waals surface area contributed by atoms with E-state index in [2.05, 4.69) is 24.3 Å². The molecule has 96 valence electrons. The lowest BCUT2D eigenvalue weighted by Crippen LogP contribution is -1.91. The molecule has 0 aromatic heterocycles. The maximum absolute atomic E-state index is 9.93. The Bertz CT molecular complexity index is 526. The molecule has 0 amide bonds. The predicted octanol–water partition coefficient (Wildman–Crippen LogP) is 4.38. The summed E-state index contributed by atoms with van der Waals surface area (Å²) < 4.78 is 0. The van der Waals surface area contributed by atoms with E-state index in [1.165, 1.54) is 5.56 Å². The van der Waals surface area contributed by atoms with Gasteiger partial charge < -0.3 is 5.11 Å². The fraction of sp³-hybridized carbons (Fsp3) is 0.111. The molecular formula is C18H18O. The fourth-order valence-corrected chi connectivity index (χ4v) is 1.82. The van der Waals surface area contributed by atoms with Crippen LogP contribution in [-0.4, -0.2) is 5.11 Å². The van der Waals surface area contributed by atoms with Crippen molar-refractivity contribution >= 4 is 6.08 Å². The van der Waals surface area contributed by atoms with Crippen LogP contribution in [0.1, 0.15) is 23.7 Å². The zero-order valence-electron chi connectivity index (χ0n) is 10.8. The van der Waals surface area contributed by atoms with Crippen LogP contribution in [-0.2, 0) is 0 Å². The van der Waals surface area contributed by atoms with E-state index in [9.17, 15) is 5.11 Å². The standard InChI is InChI=1S/C18H18O/c19-18(17-13-7-3-8-14-17)15-9-2-6-12-16-10-4-1-5-11-16/h1,3-15,18-19H,2H2/b12-6+,15-9+. The highest BCUT2D eigenvalue weighted by Gasteiger charge is 1.99. The van der Waals surface area contributed by atoms with Crippen molar-refractivity contribution in [1.82, 2.24) is 0 Å². The highest BCUT2D eigenvalue weighted by Crippen LogP contribution is 2.13. The topological polar surface area (TPSA) is 20.2 Å². The third-order valence-electron chi connectivity index (χ3n) is 2.84. The zero-order valence-corrected chi connectivity index (χ0v) is 10.8. The largest absolute Gasteiger partial charge is 0.384 e. The molecule has 1 unspecified atom stereocenters. The van der Waals surface area contributed by atoms with Crippen LogP contribution in [0.25, 0.3) is 6.08 Å². The van der Waals surface area contributed by atoms with Crippen molar-refractivity contribution in [3.8, 4) is 0 Å². The van der Waals surface area contributed by atoms with Gasteiger partial charge in [0.05, 0.1) is 6.10 Å². The van der Waals surface area contributed by atoms with E-state index in [0.717, 1.165) is 12.0 Å². The van der Waals surface area contributed by atoms with Gasteiger partial charge in [-0.15, -0.1) is 0 Å². The van der Waals surface area contributed by atoms with Crippen molar-refractivity contribution in [3.63, 3.8) is 0 Å². The number of aliphatic hydroxyl groups is 1. The van der Waals surface area contributed by atoms with E-state index < -0.39 is 6.10 Å². The number of hydrogen-bond acceptors (Lipinski definition) is 1. The van der Waals surface area contributed by atoms with Gasteiger partial charge in [0.25, 0.3) is 0 Å². The van der Waals surface area contributed by atoms with Gasteiger partial charge in [-0.2, -0.15) is 0 Å². The molecule has 0 bridgehead atoms. The Morgan fingerprint density at radius 2 is 1.47 bits per heavy atom. The summed E-state index contributed by atoms with van der Waals surface area (Å²) in [5.41, 5.74) is 2.12. The summed E-state index contributed by atoms with van der Waals surface area (Å²) in [5.74, 6) is 0. The minimum atomic E-state index is -0.522. The molecular weight excluding hydrogens is 232 g/mol. The van der Waals surface area contributed by atoms with Gasteiger partial charge in [0, 0.05) is 0 Å². The molecule has 0 saturated carbocycles. The average molecular weight is 250 g/mol. The Balaban J connectivity index is 1.82. The van der Waals surface area contributed by atoms with Crippen molar-refractivity contribution in [2.24, 2.45) is 0 Å². The second-order valence-corrected chi connectivity index (χ2v) is 4.33. The Morgan fingerprint density at radius 1 is 0.842 bits per heavy atom. The molecule has 0 aliphatic carbocycles. The van der Waals surface area contributed by atoms with Gasteiger partial charge in [0.15, 0.2) is 0 Å². The normalized spacial score (nSPS) is 13.1. The van der Waals surface area contributed by atoms with Crippen molar-refractivity contribution in [2.45, 2.75) is 12.5 Å². The number of allylic oxidation sites excluding steroid dienone is 2. The van der Waals surface area contributed by atoms with Crippen LogP contribution in [0, 0.1) is 0 Å². The van der Waals surface area contributed by atoms with Gasteiger partial charge in [-0.25, -0.2) is 0 Å². The molecule has 0 fully saturated rings.